The summed E-state index contributed by atoms with van der Waals surface area (Å²) in [5, 5.41) is 9.92. The maximum atomic E-state index is 11.2. The number of nitrogen functional groups attached to an aromatic ring is 1. The van der Waals surface area contributed by atoms with Crippen LogP contribution in [0.1, 0.15) is 15.9 Å². The smallest absolute Gasteiger partial charge is 0.339 e. The number of hydrogen-bond acceptors (Lipinski definition) is 3. The number of carbonyl (C=O) groups is 1. The molecule has 2 aromatic carbocycles. The second-order valence-corrected chi connectivity index (χ2v) is 4.94. The lowest BCUT2D eigenvalue weighted by Crippen LogP contribution is -2.05. The second kappa shape index (κ2) is 6.03. The van der Waals surface area contributed by atoms with Gasteiger partial charge in [-0.25, -0.2) is 4.79 Å². The van der Waals surface area contributed by atoms with Crippen LogP contribution in [0.3, 0.4) is 0 Å². The fourth-order valence-electron chi connectivity index (χ4n) is 1.66. The molecule has 0 fully saturated rings. The summed E-state index contributed by atoms with van der Waals surface area (Å²) in [5.41, 5.74) is 6.62. The average Bonchev–Trinajstić information content (AvgIpc) is 2.38. The highest BCUT2D eigenvalue weighted by molar-refractivity contribution is 6.33. The number of carboxylic acids is 1. The van der Waals surface area contributed by atoms with E-state index in [1.54, 1.807) is 24.3 Å². The van der Waals surface area contributed by atoms with Crippen LogP contribution in [0.15, 0.2) is 36.4 Å². The highest BCUT2D eigenvalue weighted by Crippen LogP contribution is 2.32. The van der Waals surface area contributed by atoms with Crippen LogP contribution < -0.4 is 10.5 Å². The van der Waals surface area contributed by atoms with Crippen molar-refractivity contribution in [1.29, 1.82) is 0 Å². The van der Waals surface area contributed by atoms with Crippen LogP contribution in [0.25, 0.3) is 0 Å². The molecule has 6 heteroatoms. The summed E-state index contributed by atoms with van der Waals surface area (Å²) >= 11 is 11.8. The number of benzene rings is 2. The van der Waals surface area contributed by atoms with E-state index < -0.39 is 5.97 Å². The van der Waals surface area contributed by atoms with Gasteiger partial charge in [-0.1, -0.05) is 35.3 Å². The van der Waals surface area contributed by atoms with E-state index in [1.165, 1.54) is 12.1 Å². The van der Waals surface area contributed by atoms with E-state index in [2.05, 4.69) is 0 Å². The minimum Gasteiger partial charge on any atom is -0.486 e. The Morgan fingerprint density at radius 1 is 1.20 bits per heavy atom. The number of halogens is 2. The quantitative estimate of drug-likeness (QED) is 0.841. The van der Waals surface area contributed by atoms with Gasteiger partial charge in [0.1, 0.15) is 12.2 Å². The van der Waals surface area contributed by atoms with Gasteiger partial charge in [0.2, 0.25) is 0 Å². The molecule has 0 heterocycles. The van der Waals surface area contributed by atoms with E-state index in [0.717, 1.165) is 5.56 Å². The van der Waals surface area contributed by atoms with Gasteiger partial charge in [-0.2, -0.15) is 0 Å². The van der Waals surface area contributed by atoms with E-state index in [0.29, 0.717) is 5.02 Å². The molecule has 0 bridgehead atoms. The lowest BCUT2D eigenvalue weighted by atomic mass is 10.1. The molecular weight excluding hydrogens is 301 g/mol. The van der Waals surface area contributed by atoms with Crippen LogP contribution in [0.5, 0.6) is 5.75 Å². The van der Waals surface area contributed by atoms with Crippen LogP contribution in [0.2, 0.25) is 10.0 Å². The molecule has 0 amide bonds. The van der Waals surface area contributed by atoms with Crippen molar-refractivity contribution < 1.29 is 14.6 Å². The molecule has 2 aromatic rings. The molecule has 4 nitrogen and oxygen atoms in total. The van der Waals surface area contributed by atoms with Crippen LogP contribution >= 0.6 is 23.2 Å². The molecule has 0 aliphatic heterocycles. The number of rotatable bonds is 4. The number of carboxylic acid groups (broad SMARTS) is 1. The summed E-state index contributed by atoms with van der Waals surface area (Å²) in [6.45, 7) is 0.182. The molecule has 0 spiro atoms. The molecule has 0 aromatic heterocycles. The van der Waals surface area contributed by atoms with E-state index in [4.69, 9.17) is 38.8 Å². The van der Waals surface area contributed by atoms with Gasteiger partial charge in [0.15, 0.2) is 5.75 Å². The van der Waals surface area contributed by atoms with Crippen molar-refractivity contribution in [2.75, 3.05) is 5.73 Å². The first kappa shape index (κ1) is 14.5. The minimum absolute atomic E-state index is 0.0658. The van der Waals surface area contributed by atoms with Crippen LogP contribution in [-0.2, 0) is 6.61 Å². The predicted molar refractivity (Wildman–Crippen MR) is 78.6 cm³/mol. The normalized spacial score (nSPS) is 10.3. The third-order valence-corrected chi connectivity index (χ3v) is 3.13. The highest BCUT2D eigenvalue weighted by atomic mass is 35.5. The van der Waals surface area contributed by atoms with Crippen LogP contribution in [-0.4, -0.2) is 11.1 Å². The van der Waals surface area contributed by atoms with E-state index in [-0.39, 0.29) is 28.6 Å². The summed E-state index contributed by atoms with van der Waals surface area (Å²) in [6, 6.07) is 9.78. The number of aromatic carboxylic acids is 1. The van der Waals surface area contributed by atoms with Gasteiger partial charge >= 0.3 is 5.97 Å². The third-order valence-electron chi connectivity index (χ3n) is 2.59. The molecule has 2 rings (SSSR count). The topological polar surface area (TPSA) is 72.5 Å². The SMILES string of the molecule is Nc1cc(Cl)c(OCc2ccc(Cl)cc2)c(C(=O)O)c1. The summed E-state index contributed by atoms with van der Waals surface area (Å²) < 4.78 is 5.50. The third kappa shape index (κ3) is 3.35. The number of ether oxygens (including phenoxy) is 1. The van der Waals surface area contributed by atoms with Gasteiger partial charge in [-0.3, -0.25) is 0 Å². The zero-order chi connectivity index (χ0) is 14.7. The molecule has 3 N–H and O–H groups in total. The Morgan fingerprint density at radius 3 is 2.45 bits per heavy atom. The van der Waals surface area contributed by atoms with Gasteiger partial charge in [0.25, 0.3) is 0 Å². The zero-order valence-electron chi connectivity index (χ0n) is 10.3. The molecule has 0 aliphatic rings. The Balaban J connectivity index is 2.24. The summed E-state index contributed by atoms with van der Waals surface area (Å²) in [5.74, 6) is -1.05. The maximum absolute atomic E-state index is 11.2. The fraction of sp³-hybridized carbons (Fsp3) is 0.0714. The van der Waals surface area contributed by atoms with Crippen molar-refractivity contribution >= 4 is 34.9 Å². The van der Waals surface area contributed by atoms with Gasteiger partial charge in [0, 0.05) is 10.7 Å². The monoisotopic (exact) mass is 311 g/mol. The Bertz CT molecular complexity index is 642. The Labute approximate surface area is 125 Å². The van der Waals surface area contributed by atoms with Crippen molar-refractivity contribution in [2.45, 2.75) is 6.61 Å². The molecule has 0 saturated heterocycles. The highest BCUT2D eigenvalue weighted by Gasteiger charge is 2.16. The van der Waals surface area contributed by atoms with Gasteiger partial charge in [-0.15, -0.1) is 0 Å². The first-order valence-electron chi connectivity index (χ1n) is 5.67. The van der Waals surface area contributed by atoms with Crippen molar-refractivity contribution in [1.82, 2.24) is 0 Å². The average molecular weight is 312 g/mol. The number of anilines is 1. The van der Waals surface area contributed by atoms with E-state index in [1.807, 2.05) is 0 Å². The van der Waals surface area contributed by atoms with Crippen molar-refractivity contribution in [3.05, 3.63) is 57.6 Å². The molecule has 0 saturated carbocycles. The number of hydrogen-bond donors (Lipinski definition) is 2. The van der Waals surface area contributed by atoms with Crippen molar-refractivity contribution in [3.8, 4) is 5.75 Å². The zero-order valence-corrected chi connectivity index (χ0v) is 11.8. The second-order valence-electron chi connectivity index (χ2n) is 4.10. The minimum atomic E-state index is -1.15. The Hall–Kier alpha value is -1.91. The van der Waals surface area contributed by atoms with E-state index >= 15 is 0 Å². The molecule has 20 heavy (non-hydrogen) atoms. The van der Waals surface area contributed by atoms with Gasteiger partial charge in [-0.05, 0) is 29.8 Å². The Morgan fingerprint density at radius 2 is 1.85 bits per heavy atom. The summed E-state index contributed by atoms with van der Waals surface area (Å²) in [4.78, 5) is 11.2. The molecule has 0 aliphatic carbocycles. The van der Waals surface area contributed by atoms with Crippen molar-refractivity contribution in [2.24, 2.45) is 0 Å². The van der Waals surface area contributed by atoms with Crippen LogP contribution in [0, 0.1) is 0 Å². The number of nitrogens with two attached hydrogens (primary N) is 1. The summed E-state index contributed by atoms with van der Waals surface area (Å²) in [7, 11) is 0. The first-order valence-corrected chi connectivity index (χ1v) is 6.42. The molecule has 0 radical (unpaired) electrons. The largest absolute Gasteiger partial charge is 0.486 e. The molecular formula is C14H11Cl2NO3. The molecule has 0 unspecified atom stereocenters. The lowest BCUT2D eigenvalue weighted by molar-refractivity contribution is 0.0692. The standard InChI is InChI=1S/C14H11Cl2NO3/c15-9-3-1-8(2-4-9)7-20-13-11(14(18)19)5-10(17)6-12(13)16/h1-6H,7,17H2,(H,18,19). The predicted octanol–water partition coefficient (Wildman–Crippen LogP) is 3.85. The maximum Gasteiger partial charge on any atom is 0.339 e. The fourth-order valence-corrected chi connectivity index (χ4v) is 2.06. The lowest BCUT2D eigenvalue weighted by Gasteiger charge is -2.12. The first-order chi connectivity index (χ1) is 9.47. The molecule has 104 valence electrons. The van der Waals surface area contributed by atoms with Crippen molar-refractivity contribution in [3.63, 3.8) is 0 Å². The van der Waals surface area contributed by atoms with E-state index in [9.17, 15) is 4.79 Å². The summed E-state index contributed by atoms with van der Waals surface area (Å²) in [6.07, 6.45) is 0. The molecule has 0 atom stereocenters. The Kier molecular flexibility index (Phi) is 4.37. The van der Waals surface area contributed by atoms with Gasteiger partial charge < -0.3 is 15.6 Å². The van der Waals surface area contributed by atoms with Crippen LogP contribution in [0.4, 0.5) is 5.69 Å². The van der Waals surface area contributed by atoms with Gasteiger partial charge in [0.05, 0.1) is 5.02 Å².